The summed E-state index contributed by atoms with van der Waals surface area (Å²) >= 11 is 0. The average Bonchev–Trinajstić information content (AvgIpc) is 2.40. The number of ether oxygens (including phenoxy) is 2. The summed E-state index contributed by atoms with van der Waals surface area (Å²) in [6.45, 7) is 0.923. The Morgan fingerprint density at radius 3 is 2.78 bits per heavy atom. The van der Waals surface area contributed by atoms with Crippen molar-refractivity contribution in [2.24, 2.45) is 5.73 Å². The van der Waals surface area contributed by atoms with Crippen LogP contribution in [0, 0.1) is 0 Å². The van der Waals surface area contributed by atoms with Gasteiger partial charge in [0, 0.05) is 7.05 Å². The molecule has 1 aromatic carbocycles. The number of benzene rings is 1. The van der Waals surface area contributed by atoms with Crippen LogP contribution in [0.2, 0.25) is 0 Å². The van der Waals surface area contributed by atoms with E-state index in [2.05, 4.69) is 5.32 Å². The zero-order valence-corrected chi connectivity index (χ0v) is 10.9. The number of nitrogens with one attached hydrogen (secondary N) is 1. The highest BCUT2D eigenvalue weighted by Crippen LogP contribution is 2.28. The Bertz CT molecular complexity index is 394. The molecule has 5 heteroatoms. The lowest BCUT2D eigenvalue weighted by molar-refractivity contribution is -0.121. The Balaban J connectivity index is 2.61. The van der Waals surface area contributed by atoms with Gasteiger partial charge in [-0.3, -0.25) is 4.79 Å². The van der Waals surface area contributed by atoms with Crippen LogP contribution < -0.4 is 20.5 Å². The molecule has 18 heavy (non-hydrogen) atoms. The lowest BCUT2D eigenvalue weighted by Crippen LogP contribution is -2.20. The van der Waals surface area contributed by atoms with Crippen LogP contribution >= 0.6 is 0 Å². The summed E-state index contributed by atoms with van der Waals surface area (Å²) in [6, 6.07) is 5.69. The fourth-order valence-corrected chi connectivity index (χ4v) is 1.53. The molecule has 5 nitrogen and oxygen atoms in total. The third-order valence-corrected chi connectivity index (χ3v) is 2.53. The van der Waals surface area contributed by atoms with Gasteiger partial charge in [-0.25, -0.2) is 0 Å². The maximum Gasteiger partial charge on any atom is 0.223 e. The molecule has 1 aromatic rings. The number of hydrogen-bond acceptors (Lipinski definition) is 4. The molecule has 0 heterocycles. The maximum atomic E-state index is 11.1. The molecule has 0 bridgehead atoms. The van der Waals surface area contributed by atoms with Gasteiger partial charge < -0.3 is 20.5 Å². The highest BCUT2D eigenvalue weighted by atomic mass is 16.5. The van der Waals surface area contributed by atoms with E-state index in [4.69, 9.17) is 15.2 Å². The van der Waals surface area contributed by atoms with Gasteiger partial charge in [-0.05, 0) is 30.7 Å². The second-order valence-electron chi connectivity index (χ2n) is 3.80. The van der Waals surface area contributed by atoms with Gasteiger partial charge in [-0.1, -0.05) is 6.07 Å². The summed E-state index contributed by atoms with van der Waals surface area (Å²) in [5.74, 6) is 1.26. The molecule has 0 unspecified atom stereocenters. The van der Waals surface area contributed by atoms with Crippen molar-refractivity contribution in [3.8, 4) is 11.5 Å². The van der Waals surface area contributed by atoms with E-state index in [9.17, 15) is 4.79 Å². The number of carbonyl (C=O) groups excluding carboxylic acids is 1. The number of rotatable bonds is 7. The molecule has 100 valence electrons. The maximum absolute atomic E-state index is 11.1. The molecule has 1 rings (SSSR count). The van der Waals surface area contributed by atoms with Crippen LogP contribution in [0.3, 0.4) is 0 Å². The molecule has 1 amide bonds. The third-order valence-electron chi connectivity index (χ3n) is 2.53. The van der Waals surface area contributed by atoms with Crippen molar-refractivity contribution in [2.75, 3.05) is 27.3 Å². The SMILES string of the molecule is CNC(=O)CCOc1ccc(CCN)cc1OC. The lowest BCUT2D eigenvalue weighted by atomic mass is 10.1. The van der Waals surface area contributed by atoms with Crippen molar-refractivity contribution in [2.45, 2.75) is 12.8 Å². The molecule has 0 saturated heterocycles. The molecule has 0 aromatic heterocycles. The standard InChI is InChI=1S/C13H20N2O3/c1-15-13(16)6-8-18-11-4-3-10(5-7-14)9-12(11)17-2/h3-4,9H,5-8,14H2,1-2H3,(H,15,16). The van der Waals surface area contributed by atoms with E-state index in [1.165, 1.54) is 0 Å². The van der Waals surface area contributed by atoms with E-state index in [0.29, 0.717) is 31.1 Å². The zero-order chi connectivity index (χ0) is 13.4. The number of hydrogen-bond donors (Lipinski definition) is 2. The molecular weight excluding hydrogens is 232 g/mol. The predicted octanol–water partition coefficient (Wildman–Crippen LogP) is 0.711. The largest absolute Gasteiger partial charge is 0.493 e. The molecule has 0 aliphatic heterocycles. The summed E-state index contributed by atoms with van der Waals surface area (Å²) in [7, 11) is 3.19. The normalized spacial score (nSPS) is 9.94. The molecule has 0 atom stereocenters. The van der Waals surface area contributed by atoms with Crippen molar-refractivity contribution in [3.05, 3.63) is 23.8 Å². The van der Waals surface area contributed by atoms with E-state index >= 15 is 0 Å². The summed E-state index contributed by atoms with van der Waals surface area (Å²) in [5.41, 5.74) is 6.61. The molecule has 0 fully saturated rings. The van der Waals surface area contributed by atoms with Gasteiger partial charge >= 0.3 is 0 Å². The van der Waals surface area contributed by atoms with Crippen LogP contribution in [0.4, 0.5) is 0 Å². The van der Waals surface area contributed by atoms with Crippen molar-refractivity contribution in [1.29, 1.82) is 0 Å². The van der Waals surface area contributed by atoms with Crippen molar-refractivity contribution >= 4 is 5.91 Å². The monoisotopic (exact) mass is 252 g/mol. The first kappa shape index (κ1) is 14.3. The summed E-state index contributed by atoms with van der Waals surface area (Å²) in [5, 5.41) is 2.54. The second-order valence-corrected chi connectivity index (χ2v) is 3.80. The molecule has 0 spiro atoms. The van der Waals surface area contributed by atoms with Gasteiger partial charge in [0.25, 0.3) is 0 Å². The van der Waals surface area contributed by atoms with Crippen LogP contribution in [-0.4, -0.2) is 33.2 Å². The number of carbonyl (C=O) groups is 1. The Morgan fingerprint density at radius 1 is 1.39 bits per heavy atom. The first-order valence-electron chi connectivity index (χ1n) is 5.91. The summed E-state index contributed by atoms with van der Waals surface area (Å²) in [4.78, 5) is 11.1. The molecule has 0 saturated carbocycles. The quantitative estimate of drug-likeness (QED) is 0.749. The Hall–Kier alpha value is -1.75. The predicted molar refractivity (Wildman–Crippen MR) is 69.9 cm³/mol. The van der Waals surface area contributed by atoms with Gasteiger partial charge in [-0.2, -0.15) is 0 Å². The average molecular weight is 252 g/mol. The smallest absolute Gasteiger partial charge is 0.223 e. The van der Waals surface area contributed by atoms with E-state index < -0.39 is 0 Å². The Labute approximate surface area is 107 Å². The van der Waals surface area contributed by atoms with Gasteiger partial charge in [0.15, 0.2) is 11.5 Å². The molecule has 0 radical (unpaired) electrons. The fraction of sp³-hybridized carbons (Fsp3) is 0.462. The van der Waals surface area contributed by atoms with Crippen LogP contribution in [0.1, 0.15) is 12.0 Å². The highest BCUT2D eigenvalue weighted by Gasteiger charge is 2.06. The first-order chi connectivity index (χ1) is 8.71. The van der Waals surface area contributed by atoms with E-state index in [0.717, 1.165) is 12.0 Å². The summed E-state index contributed by atoms with van der Waals surface area (Å²) < 4.78 is 10.8. The fourth-order valence-electron chi connectivity index (χ4n) is 1.53. The number of nitrogens with two attached hydrogens (primary N) is 1. The van der Waals surface area contributed by atoms with Crippen LogP contribution in [0.5, 0.6) is 11.5 Å². The zero-order valence-electron chi connectivity index (χ0n) is 10.9. The van der Waals surface area contributed by atoms with Gasteiger partial charge in [-0.15, -0.1) is 0 Å². The van der Waals surface area contributed by atoms with Crippen molar-refractivity contribution in [3.63, 3.8) is 0 Å². The minimum atomic E-state index is -0.0475. The van der Waals surface area contributed by atoms with Crippen LogP contribution in [0.15, 0.2) is 18.2 Å². The summed E-state index contributed by atoms with van der Waals surface area (Å²) in [6.07, 6.45) is 1.12. The van der Waals surface area contributed by atoms with Crippen molar-refractivity contribution < 1.29 is 14.3 Å². The first-order valence-corrected chi connectivity index (χ1v) is 5.91. The van der Waals surface area contributed by atoms with Gasteiger partial charge in [0.1, 0.15) is 0 Å². The second kappa shape index (κ2) is 7.55. The topological polar surface area (TPSA) is 73.6 Å². The molecule has 3 N–H and O–H groups in total. The molecule has 0 aliphatic carbocycles. The molecular formula is C13H20N2O3. The lowest BCUT2D eigenvalue weighted by Gasteiger charge is -2.11. The van der Waals surface area contributed by atoms with Gasteiger partial charge in [0.05, 0.1) is 20.1 Å². The van der Waals surface area contributed by atoms with E-state index in [-0.39, 0.29) is 5.91 Å². The number of amides is 1. The highest BCUT2D eigenvalue weighted by molar-refractivity contribution is 5.75. The molecule has 0 aliphatic rings. The Kier molecular flexibility index (Phi) is 6.00. The Morgan fingerprint density at radius 2 is 2.17 bits per heavy atom. The van der Waals surface area contributed by atoms with E-state index in [1.807, 2.05) is 18.2 Å². The number of methoxy groups -OCH3 is 1. The minimum Gasteiger partial charge on any atom is -0.493 e. The van der Waals surface area contributed by atoms with Gasteiger partial charge in [0.2, 0.25) is 5.91 Å². The third kappa shape index (κ3) is 4.25. The van der Waals surface area contributed by atoms with Crippen molar-refractivity contribution in [1.82, 2.24) is 5.32 Å². The van der Waals surface area contributed by atoms with Crippen LogP contribution in [-0.2, 0) is 11.2 Å². The minimum absolute atomic E-state index is 0.0475. The van der Waals surface area contributed by atoms with Crippen LogP contribution in [0.25, 0.3) is 0 Å². The van der Waals surface area contributed by atoms with E-state index in [1.54, 1.807) is 14.2 Å².